The fourth-order valence-corrected chi connectivity index (χ4v) is 15.5. The van der Waals surface area contributed by atoms with E-state index in [0.29, 0.717) is 0 Å². The van der Waals surface area contributed by atoms with Crippen LogP contribution in [-0.4, -0.2) is 13.1 Å². The van der Waals surface area contributed by atoms with Gasteiger partial charge in [-0.3, -0.25) is 0 Å². The van der Waals surface area contributed by atoms with Gasteiger partial charge in [0.25, 0.3) is 10.0 Å². The molecule has 0 saturated heterocycles. The Hall–Kier alpha value is -6.86. The largest absolute Gasteiger partial charge is 0.344 e. The van der Waals surface area contributed by atoms with Crippen LogP contribution in [-0.2, 0) is 23.9 Å². The third-order valence-electron chi connectivity index (χ3n) is 16.3. The molecule has 4 heterocycles. The van der Waals surface area contributed by atoms with Crippen molar-refractivity contribution in [1.82, 2.24) is 0 Å². The van der Waals surface area contributed by atoms with Crippen molar-refractivity contribution in [2.75, 3.05) is 22.9 Å². The van der Waals surface area contributed by atoms with E-state index in [0.717, 1.165) is 51.9 Å². The van der Waals surface area contributed by atoms with Crippen LogP contribution >= 0.6 is 22.7 Å². The number of fused-ring (bicyclic) bond motifs is 12. The fraction of sp³-hybridized carbons (Fsp3) is 0.242. The van der Waals surface area contributed by atoms with Crippen LogP contribution in [0.2, 0.25) is 0 Å². The standard InChI is InChI=1S/C66H64N4S2/c1-7-67-53-39-35-45-23-11-15-27-49(45)61(53)65(5,57(67)31-21-33-59-69(9-3)55-41-37-47-25-13-17-29-51(47)63(55)71-59)43-19-20-44-66(6)58(68(8-2)54-40-36-46-24-12-16-28-50(46)62(54)66)32-22-34-60-70(10-4)56-42-38-48-26-14-18-30-52(48)64(56)72-60/h11-18,21-42H,7-10,19-20,43-44H2,1-6H3/q+2. The minimum atomic E-state index is -0.185. The Morgan fingerprint density at radius 2 is 0.806 bits per heavy atom. The van der Waals surface area contributed by atoms with Crippen LogP contribution in [0, 0.1) is 0 Å². The molecular formula is C66H64N4S2+2. The number of hydrogen-bond acceptors (Lipinski definition) is 4. The number of thiazole rings is 2. The summed E-state index contributed by atoms with van der Waals surface area (Å²) in [7, 11) is 0. The highest BCUT2D eigenvalue weighted by Gasteiger charge is 2.46. The lowest BCUT2D eigenvalue weighted by Gasteiger charge is -2.32. The number of nitrogens with zero attached hydrogens (tertiary/aromatic N) is 4. The molecule has 0 fully saturated rings. The lowest BCUT2D eigenvalue weighted by atomic mass is 9.72. The number of rotatable bonds is 13. The van der Waals surface area contributed by atoms with E-state index in [2.05, 4.69) is 243 Å². The average Bonchev–Trinajstić information content (AvgIpc) is 4.12. The van der Waals surface area contributed by atoms with Crippen molar-refractivity contribution in [2.24, 2.45) is 0 Å². The molecule has 0 saturated carbocycles. The second kappa shape index (κ2) is 18.6. The number of anilines is 2. The molecule has 0 aliphatic carbocycles. The summed E-state index contributed by atoms with van der Waals surface area (Å²) < 4.78 is 7.68. The predicted molar refractivity (Wildman–Crippen MR) is 312 cm³/mol. The van der Waals surface area contributed by atoms with Crippen LogP contribution in [0.25, 0.3) is 75.7 Å². The third-order valence-corrected chi connectivity index (χ3v) is 18.7. The number of allylic oxidation sites excluding steroid dienone is 6. The van der Waals surface area contributed by atoms with Crippen LogP contribution < -0.4 is 18.9 Å². The van der Waals surface area contributed by atoms with Crippen LogP contribution in [0.15, 0.2) is 181 Å². The summed E-state index contributed by atoms with van der Waals surface area (Å²) in [6.45, 7) is 17.9. The summed E-state index contributed by atoms with van der Waals surface area (Å²) in [4.78, 5) is 5.21. The molecule has 2 aliphatic rings. The molecule has 4 nitrogen and oxygen atoms in total. The molecule has 12 rings (SSSR count). The summed E-state index contributed by atoms with van der Waals surface area (Å²) in [6, 6.07) is 54.3. The molecule has 2 atom stereocenters. The first-order valence-corrected chi connectivity index (χ1v) is 28.0. The van der Waals surface area contributed by atoms with Gasteiger partial charge in [0.05, 0.1) is 0 Å². The van der Waals surface area contributed by atoms with Gasteiger partial charge in [0.15, 0.2) is 0 Å². The smallest absolute Gasteiger partial charge is 0.262 e. The fourth-order valence-electron chi connectivity index (χ4n) is 12.9. The molecule has 2 aliphatic heterocycles. The number of aryl methyl sites for hydroxylation is 2. The molecule has 2 unspecified atom stereocenters. The van der Waals surface area contributed by atoms with Gasteiger partial charge in [-0.15, -0.1) is 0 Å². The van der Waals surface area contributed by atoms with E-state index < -0.39 is 0 Å². The number of hydrogen-bond donors (Lipinski definition) is 0. The predicted octanol–water partition coefficient (Wildman–Crippen LogP) is 17.0. The van der Waals surface area contributed by atoms with Crippen LogP contribution in [0.4, 0.5) is 11.4 Å². The first-order chi connectivity index (χ1) is 35.3. The quantitative estimate of drug-likeness (QED) is 0.0844. The van der Waals surface area contributed by atoms with Gasteiger partial charge in [-0.25, -0.2) is 0 Å². The lowest BCUT2D eigenvalue weighted by Crippen LogP contribution is -2.33. The number of aromatic nitrogens is 2. The molecule has 8 aromatic carbocycles. The molecule has 10 aromatic rings. The Morgan fingerprint density at radius 3 is 1.19 bits per heavy atom. The van der Waals surface area contributed by atoms with Crippen LogP contribution in [0.5, 0.6) is 0 Å². The Balaban J connectivity index is 0.903. The van der Waals surface area contributed by atoms with Crippen molar-refractivity contribution >= 4 is 110 Å². The zero-order valence-corrected chi connectivity index (χ0v) is 44.2. The molecule has 0 N–H and O–H groups in total. The molecule has 2 aromatic heterocycles. The van der Waals surface area contributed by atoms with Crippen molar-refractivity contribution in [3.8, 4) is 0 Å². The maximum Gasteiger partial charge on any atom is 0.262 e. The molecule has 0 spiro atoms. The minimum absolute atomic E-state index is 0.185. The van der Waals surface area contributed by atoms with Crippen LogP contribution in [0.1, 0.15) is 88.4 Å². The van der Waals surface area contributed by atoms with E-state index in [1.54, 1.807) is 0 Å². The normalized spacial score (nSPS) is 19.1. The van der Waals surface area contributed by atoms with Gasteiger partial charge in [-0.05, 0) is 134 Å². The highest BCUT2D eigenvalue weighted by molar-refractivity contribution is 7.20. The molecule has 358 valence electrons. The van der Waals surface area contributed by atoms with Crippen molar-refractivity contribution < 1.29 is 9.13 Å². The zero-order chi connectivity index (χ0) is 49.1. The maximum absolute atomic E-state index is 2.60. The SMILES string of the molecule is CCN1C(=CC=Cc2sc3c4ccccc4ccc3[n+]2CC)C(C)(CCCCC2(C)C(=CC=Cc3sc4c5ccccc5ccc4[n+]3CC)N(CC)c3ccc4ccccc4c32)c2c1ccc1ccccc21. The minimum Gasteiger partial charge on any atom is -0.344 e. The lowest BCUT2D eigenvalue weighted by molar-refractivity contribution is -0.665. The second-order valence-corrected chi connectivity index (χ2v) is 22.2. The van der Waals surface area contributed by atoms with E-state index in [1.165, 1.54) is 107 Å². The maximum atomic E-state index is 2.60. The summed E-state index contributed by atoms with van der Waals surface area (Å²) in [5, 5.41) is 13.2. The van der Waals surface area contributed by atoms with Crippen molar-refractivity contribution in [1.29, 1.82) is 0 Å². The van der Waals surface area contributed by atoms with E-state index in [9.17, 15) is 0 Å². The molecular weight excluding hydrogens is 913 g/mol. The molecule has 0 bridgehead atoms. The molecule has 0 radical (unpaired) electrons. The van der Waals surface area contributed by atoms with Gasteiger partial charge in [0.2, 0.25) is 11.0 Å². The van der Waals surface area contributed by atoms with Crippen molar-refractivity contribution in [3.05, 3.63) is 202 Å². The zero-order valence-electron chi connectivity index (χ0n) is 42.6. The van der Waals surface area contributed by atoms with Crippen LogP contribution in [0.3, 0.4) is 0 Å². The first kappa shape index (κ1) is 46.2. The number of likely N-dealkylation sites (N-methyl/N-ethyl adjacent to an activating group) is 2. The number of benzene rings is 8. The summed E-state index contributed by atoms with van der Waals surface area (Å²) >= 11 is 3.82. The summed E-state index contributed by atoms with van der Waals surface area (Å²) in [5.41, 5.74) is 10.7. The van der Waals surface area contributed by atoms with Gasteiger partial charge >= 0.3 is 0 Å². The van der Waals surface area contributed by atoms with Gasteiger partial charge in [-0.2, -0.15) is 9.13 Å². The Bertz CT molecular complexity index is 3630. The number of unbranched alkanes of at least 4 members (excludes halogenated alkanes) is 1. The highest BCUT2D eigenvalue weighted by Crippen LogP contribution is 2.56. The van der Waals surface area contributed by atoms with Gasteiger partial charge in [0.1, 0.15) is 22.5 Å². The summed E-state index contributed by atoms with van der Waals surface area (Å²) in [5.74, 6) is 0. The average molecular weight is 977 g/mol. The topological polar surface area (TPSA) is 14.2 Å². The monoisotopic (exact) mass is 976 g/mol. The Kier molecular flexibility index (Phi) is 12.0. The molecule has 0 amide bonds. The van der Waals surface area contributed by atoms with Gasteiger partial charge in [0, 0.05) is 81.7 Å². The van der Waals surface area contributed by atoms with E-state index in [4.69, 9.17) is 0 Å². The van der Waals surface area contributed by atoms with Crippen molar-refractivity contribution in [3.63, 3.8) is 0 Å². The van der Waals surface area contributed by atoms with Gasteiger partial charge < -0.3 is 9.80 Å². The highest BCUT2D eigenvalue weighted by atomic mass is 32.1. The van der Waals surface area contributed by atoms with Crippen molar-refractivity contribution in [2.45, 2.75) is 91.1 Å². The van der Waals surface area contributed by atoms with E-state index in [-0.39, 0.29) is 10.8 Å². The Morgan fingerprint density at radius 1 is 0.444 bits per heavy atom. The van der Waals surface area contributed by atoms with E-state index >= 15 is 0 Å². The van der Waals surface area contributed by atoms with Gasteiger partial charge in [-0.1, -0.05) is 157 Å². The Labute approximate surface area is 432 Å². The first-order valence-electron chi connectivity index (χ1n) is 26.3. The van der Waals surface area contributed by atoms with E-state index in [1.807, 2.05) is 22.7 Å². The second-order valence-electron chi connectivity index (χ2n) is 20.2. The molecule has 6 heteroatoms. The summed E-state index contributed by atoms with van der Waals surface area (Å²) in [6.07, 6.45) is 18.6. The molecule has 72 heavy (non-hydrogen) atoms. The third kappa shape index (κ3) is 7.35.